The highest BCUT2D eigenvalue weighted by Crippen LogP contribution is 2.33. The van der Waals surface area contributed by atoms with E-state index in [-0.39, 0.29) is 0 Å². The molecule has 7 heteroatoms. The van der Waals surface area contributed by atoms with Gasteiger partial charge in [0.15, 0.2) is 0 Å². The molecule has 0 aromatic heterocycles. The zero-order valence-corrected chi connectivity index (χ0v) is 17.5. The van der Waals surface area contributed by atoms with E-state index in [9.17, 15) is 14.4 Å². The normalized spacial score (nSPS) is 18.1. The lowest BCUT2D eigenvalue weighted by molar-refractivity contribution is -0.133. The Labute approximate surface area is 184 Å². The van der Waals surface area contributed by atoms with E-state index in [1.54, 1.807) is 43.3 Å². The average Bonchev–Trinajstić information content (AvgIpc) is 2.99. The zero-order chi connectivity index (χ0) is 22.0. The van der Waals surface area contributed by atoms with Crippen LogP contribution in [0.1, 0.15) is 12.5 Å². The Morgan fingerprint density at radius 3 is 2.23 bits per heavy atom. The van der Waals surface area contributed by atoms with Crippen molar-refractivity contribution in [2.45, 2.75) is 12.5 Å². The van der Waals surface area contributed by atoms with E-state index >= 15 is 0 Å². The van der Waals surface area contributed by atoms with Gasteiger partial charge in [-0.3, -0.25) is 14.5 Å². The van der Waals surface area contributed by atoms with E-state index in [4.69, 9.17) is 11.6 Å². The maximum Gasteiger partial charge on any atom is 0.325 e. The lowest BCUT2D eigenvalue weighted by atomic mass is 9.92. The Balaban J connectivity index is 1.45. The van der Waals surface area contributed by atoms with E-state index in [2.05, 4.69) is 10.6 Å². The molecule has 1 fully saturated rings. The fourth-order valence-corrected chi connectivity index (χ4v) is 3.94. The number of hydrogen-bond acceptors (Lipinski definition) is 3. The van der Waals surface area contributed by atoms with Gasteiger partial charge in [0.05, 0.1) is 0 Å². The summed E-state index contributed by atoms with van der Waals surface area (Å²) in [5, 5.41) is 5.75. The highest BCUT2D eigenvalue weighted by Gasteiger charge is 2.50. The second kappa shape index (κ2) is 8.24. The Hall–Kier alpha value is -3.64. The molecule has 3 aromatic rings. The SMILES string of the molecule is CC1(c2ccccc2Cl)NC(=O)N(CC(=O)Nc2ccc(-c3ccccc3)cc2)C1=O. The molecule has 4 rings (SSSR count). The number of hydrogen-bond donors (Lipinski definition) is 2. The molecule has 1 aliphatic heterocycles. The van der Waals surface area contributed by atoms with E-state index < -0.39 is 29.9 Å². The number of carbonyl (C=O) groups excluding carboxylic acids is 3. The van der Waals surface area contributed by atoms with Gasteiger partial charge in [-0.25, -0.2) is 4.79 Å². The van der Waals surface area contributed by atoms with Crippen molar-refractivity contribution >= 4 is 35.1 Å². The monoisotopic (exact) mass is 433 g/mol. The van der Waals surface area contributed by atoms with Crippen molar-refractivity contribution < 1.29 is 14.4 Å². The summed E-state index contributed by atoms with van der Waals surface area (Å²) < 4.78 is 0. The smallest absolute Gasteiger partial charge is 0.325 e. The second-order valence-electron chi connectivity index (χ2n) is 7.42. The average molecular weight is 434 g/mol. The number of carbonyl (C=O) groups is 3. The van der Waals surface area contributed by atoms with Crippen molar-refractivity contribution in [1.29, 1.82) is 0 Å². The number of halogens is 1. The molecular formula is C24H20ClN3O3. The third-order valence-corrected chi connectivity index (χ3v) is 5.59. The first kappa shape index (κ1) is 20.6. The van der Waals surface area contributed by atoms with Crippen LogP contribution in [0.15, 0.2) is 78.9 Å². The van der Waals surface area contributed by atoms with E-state index in [1.165, 1.54) is 0 Å². The van der Waals surface area contributed by atoms with Gasteiger partial charge in [-0.15, -0.1) is 0 Å². The van der Waals surface area contributed by atoms with Gasteiger partial charge in [0.2, 0.25) is 5.91 Å². The maximum atomic E-state index is 13.0. The summed E-state index contributed by atoms with van der Waals surface area (Å²) in [6.07, 6.45) is 0. The van der Waals surface area contributed by atoms with Gasteiger partial charge in [-0.1, -0.05) is 72.3 Å². The molecule has 31 heavy (non-hydrogen) atoms. The molecule has 6 nitrogen and oxygen atoms in total. The molecule has 1 saturated heterocycles. The van der Waals surface area contributed by atoms with Crippen LogP contribution in [0.4, 0.5) is 10.5 Å². The highest BCUT2D eigenvalue weighted by atomic mass is 35.5. The topological polar surface area (TPSA) is 78.5 Å². The first-order chi connectivity index (χ1) is 14.9. The largest absolute Gasteiger partial charge is 0.325 e. The molecule has 0 aliphatic carbocycles. The Bertz CT molecular complexity index is 1150. The predicted octanol–water partition coefficient (Wildman–Crippen LogP) is 4.41. The summed E-state index contributed by atoms with van der Waals surface area (Å²) in [5.74, 6) is -1.00. The third kappa shape index (κ3) is 4.02. The van der Waals surface area contributed by atoms with Gasteiger partial charge in [0.1, 0.15) is 12.1 Å². The summed E-state index contributed by atoms with van der Waals surface area (Å²) in [6.45, 7) is 1.18. The van der Waals surface area contributed by atoms with Crippen LogP contribution < -0.4 is 10.6 Å². The molecular weight excluding hydrogens is 414 g/mol. The number of nitrogens with zero attached hydrogens (tertiary/aromatic N) is 1. The fraction of sp³-hybridized carbons (Fsp3) is 0.125. The lowest BCUT2D eigenvalue weighted by Gasteiger charge is -2.23. The third-order valence-electron chi connectivity index (χ3n) is 5.27. The molecule has 0 bridgehead atoms. The van der Waals surface area contributed by atoms with E-state index in [1.807, 2.05) is 42.5 Å². The zero-order valence-electron chi connectivity index (χ0n) is 16.8. The number of nitrogens with one attached hydrogen (secondary N) is 2. The lowest BCUT2D eigenvalue weighted by Crippen LogP contribution is -2.42. The number of benzene rings is 3. The van der Waals surface area contributed by atoms with Crippen LogP contribution in [-0.4, -0.2) is 29.3 Å². The van der Waals surface area contributed by atoms with E-state index in [0.29, 0.717) is 16.3 Å². The van der Waals surface area contributed by atoms with Crippen molar-refractivity contribution in [2.24, 2.45) is 0 Å². The maximum absolute atomic E-state index is 13.0. The van der Waals surface area contributed by atoms with Gasteiger partial charge in [0.25, 0.3) is 5.91 Å². The van der Waals surface area contributed by atoms with Gasteiger partial charge >= 0.3 is 6.03 Å². The molecule has 0 spiro atoms. The molecule has 1 atom stereocenters. The first-order valence-electron chi connectivity index (χ1n) is 9.73. The summed E-state index contributed by atoms with van der Waals surface area (Å²) in [6, 6.07) is 23.4. The number of rotatable bonds is 5. The van der Waals surface area contributed by atoms with Gasteiger partial charge in [-0.2, -0.15) is 0 Å². The van der Waals surface area contributed by atoms with Gasteiger partial charge < -0.3 is 10.6 Å². The number of amides is 4. The standard InChI is InChI=1S/C24H20ClN3O3/c1-24(19-9-5-6-10-20(19)25)22(30)28(23(31)27-24)15-21(29)26-18-13-11-17(12-14-18)16-7-3-2-4-8-16/h2-14H,15H2,1H3,(H,26,29)(H,27,31). The Kier molecular flexibility index (Phi) is 5.48. The van der Waals surface area contributed by atoms with E-state index in [0.717, 1.165) is 16.0 Å². The van der Waals surface area contributed by atoms with Crippen LogP contribution in [0.25, 0.3) is 11.1 Å². The van der Waals surface area contributed by atoms with Crippen LogP contribution in [0.3, 0.4) is 0 Å². The molecule has 2 N–H and O–H groups in total. The minimum absolute atomic E-state index is 0.364. The quantitative estimate of drug-likeness (QED) is 0.585. The van der Waals surface area contributed by atoms with Crippen LogP contribution in [0.2, 0.25) is 5.02 Å². The fourth-order valence-electron chi connectivity index (χ4n) is 3.61. The van der Waals surface area contributed by atoms with Gasteiger partial charge in [-0.05, 0) is 36.2 Å². The molecule has 1 unspecified atom stereocenters. The molecule has 4 amide bonds. The molecule has 3 aromatic carbocycles. The minimum Gasteiger partial charge on any atom is -0.325 e. The predicted molar refractivity (Wildman–Crippen MR) is 120 cm³/mol. The van der Waals surface area contributed by atoms with Crippen molar-refractivity contribution in [3.05, 3.63) is 89.4 Å². The number of imide groups is 1. The summed E-state index contributed by atoms with van der Waals surface area (Å²) in [7, 11) is 0. The minimum atomic E-state index is -1.33. The first-order valence-corrected chi connectivity index (χ1v) is 10.1. The molecule has 1 heterocycles. The van der Waals surface area contributed by atoms with Crippen LogP contribution >= 0.6 is 11.6 Å². The molecule has 0 radical (unpaired) electrons. The molecule has 156 valence electrons. The summed E-state index contributed by atoms with van der Waals surface area (Å²) in [5.41, 5.74) is 1.81. The van der Waals surface area contributed by atoms with Crippen LogP contribution in [0.5, 0.6) is 0 Å². The van der Waals surface area contributed by atoms with Gasteiger partial charge in [0, 0.05) is 16.3 Å². The number of urea groups is 1. The summed E-state index contributed by atoms with van der Waals surface area (Å²) in [4.78, 5) is 38.8. The molecule has 1 aliphatic rings. The van der Waals surface area contributed by atoms with Crippen molar-refractivity contribution in [2.75, 3.05) is 11.9 Å². The van der Waals surface area contributed by atoms with Crippen LogP contribution in [0, 0.1) is 0 Å². The molecule has 0 saturated carbocycles. The Morgan fingerprint density at radius 1 is 0.935 bits per heavy atom. The van der Waals surface area contributed by atoms with Crippen LogP contribution in [-0.2, 0) is 15.1 Å². The highest BCUT2D eigenvalue weighted by molar-refractivity contribution is 6.32. The summed E-state index contributed by atoms with van der Waals surface area (Å²) >= 11 is 6.22. The van der Waals surface area contributed by atoms with Crippen molar-refractivity contribution in [3.8, 4) is 11.1 Å². The number of anilines is 1. The van der Waals surface area contributed by atoms with Crippen molar-refractivity contribution in [1.82, 2.24) is 10.2 Å². The van der Waals surface area contributed by atoms with Crippen molar-refractivity contribution in [3.63, 3.8) is 0 Å². The second-order valence-corrected chi connectivity index (χ2v) is 7.83. The Morgan fingerprint density at radius 2 is 1.55 bits per heavy atom.